The molecule has 1 heteroatoms. The van der Waals surface area contributed by atoms with Crippen molar-refractivity contribution in [2.45, 2.75) is 65.2 Å². The zero-order chi connectivity index (χ0) is 9.78. The van der Waals surface area contributed by atoms with Gasteiger partial charge in [0.05, 0.1) is 0 Å². The number of hydrogen-bond donors (Lipinski definition) is 0. The van der Waals surface area contributed by atoms with E-state index in [1.807, 2.05) is 0 Å². The third-order valence-electron chi connectivity index (χ3n) is 2.30. The van der Waals surface area contributed by atoms with E-state index in [9.17, 15) is 0 Å². The van der Waals surface area contributed by atoms with Crippen molar-refractivity contribution in [1.29, 1.82) is 0 Å². The first-order valence-electron chi connectivity index (χ1n) is 6.05. The predicted molar refractivity (Wildman–Crippen MR) is 60.2 cm³/mol. The van der Waals surface area contributed by atoms with Crippen LogP contribution in [-0.2, 0) is 0 Å². The zero-order valence-electron chi connectivity index (χ0n) is 9.52. The van der Waals surface area contributed by atoms with E-state index in [1.54, 1.807) is 0 Å². The molecule has 0 unspecified atom stereocenters. The summed E-state index contributed by atoms with van der Waals surface area (Å²) in [5, 5.41) is 4.42. The van der Waals surface area contributed by atoms with Crippen LogP contribution in [0.3, 0.4) is 0 Å². The van der Waals surface area contributed by atoms with Crippen molar-refractivity contribution in [3.8, 4) is 0 Å². The lowest BCUT2D eigenvalue weighted by molar-refractivity contribution is 0.557. The second-order valence-corrected chi connectivity index (χ2v) is 3.79. The molecule has 1 radical (unpaired) electrons. The smallest absolute Gasteiger partial charge is 0.0133 e. The molecular weight excluding hydrogens is 158 g/mol. The molecular formula is C12H26N. The molecule has 0 amide bonds. The van der Waals surface area contributed by atoms with Crippen molar-refractivity contribution in [2.24, 2.45) is 0 Å². The molecule has 0 heterocycles. The maximum absolute atomic E-state index is 4.42. The topological polar surface area (TPSA) is 14.1 Å². The SMILES string of the molecule is CCCCCCCCC[N]CCC. The Balaban J connectivity index is 2.76. The van der Waals surface area contributed by atoms with E-state index in [0.717, 1.165) is 13.1 Å². The minimum Gasteiger partial charge on any atom is -0.242 e. The molecule has 13 heavy (non-hydrogen) atoms. The largest absolute Gasteiger partial charge is 0.242 e. The van der Waals surface area contributed by atoms with Gasteiger partial charge in [-0.3, -0.25) is 0 Å². The minimum absolute atomic E-state index is 1.07. The van der Waals surface area contributed by atoms with Crippen LogP contribution in [0.1, 0.15) is 65.2 Å². The first-order chi connectivity index (χ1) is 6.41. The van der Waals surface area contributed by atoms with E-state index in [4.69, 9.17) is 0 Å². The van der Waals surface area contributed by atoms with E-state index in [-0.39, 0.29) is 0 Å². The predicted octanol–water partition coefficient (Wildman–Crippen LogP) is 3.75. The van der Waals surface area contributed by atoms with Crippen LogP contribution in [0.4, 0.5) is 0 Å². The van der Waals surface area contributed by atoms with Crippen LogP contribution in [0.25, 0.3) is 0 Å². The fourth-order valence-electron chi connectivity index (χ4n) is 1.45. The van der Waals surface area contributed by atoms with Crippen molar-refractivity contribution in [1.82, 2.24) is 5.32 Å². The molecule has 0 bridgehead atoms. The second-order valence-electron chi connectivity index (χ2n) is 3.79. The molecule has 0 aromatic carbocycles. The fourth-order valence-corrected chi connectivity index (χ4v) is 1.45. The summed E-state index contributed by atoms with van der Waals surface area (Å²) in [5.74, 6) is 0. The average molecular weight is 184 g/mol. The lowest BCUT2D eigenvalue weighted by Crippen LogP contribution is -2.07. The fraction of sp³-hybridized carbons (Fsp3) is 1.00. The van der Waals surface area contributed by atoms with Gasteiger partial charge in [0.15, 0.2) is 0 Å². The third-order valence-corrected chi connectivity index (χ3v) is 2.30. The van der Waals surface area contributed by atoms with E-state index in [0.29, 0.717) is 0 Å². The minimum atomic E-state index is 1.07. The Morgan fingerprint density at radius 2 is 1.23 bits per heavy atom. The summed E-state index contributed by atoms with van der Waals surface area (Å²) < 4.78 is 0. The van der Waals surface area contributed by atoms with Crippen molar-refractivity contribution in [2.75, 3.05) is 13.1 Å². The second kappa shape index (κ2) is 12.0. The average Bonchev–Trinajstić information content (AvgIpc) is 2.16. The van der Waals surface area contributed by atoms with Gasteiger partial charge in [0.25, 0.3) is 0 Å². The van der Waals surface area contributed by atoms with Crippen LogP contribution in [0.5, 0.6) is 0 Å². The molecule has 0 aromatic rings. The van der Waals surface area contributed by atoms with Crippen LogP contribution in [-0.4, -0.2) is 13.1 Å². The summed E-state index contributed by atoms with van der Waals surface area (Å²) in [7, 11) is 0. The number of unbranched alkanes of at least 4 members (excludes halogenated alkanes) is 6. The van der Waals surface area contributed by atoms with Gasteiger partial charge in [-0.2, -0.15) is 0 Å². The van der Waals surface area contributed by atoms with Crippen LogP contribution < -0.4 is 5.32 Å². The van der Waals surface area contributed by atoms with Crippen LogP contribution in [0.15, 0.2) is 0 Å². The lowest BCUT2D eigenvalue weighted by atomic mass is 10.1. The Labute approximate surface area is 84.3 Å². The summed E-state index contributed by atoms with van der Waals surface area (Å²) in [4.78, 5) is 0. The normalized spacial score (nSPS) is 10.6. The molecule has 0 N–H and O–H groups in total. The molecule has 0 aliphatic carbocycles. The van der Waals surface area contributed by atoms with Gasteiger partial charge in [-0.1, -0.05) is 52.4 Å². The Hall–Kier alpha value is -0.0400. The first-order valence-corrected chi connectivity index (χ1v) is 6.05. The summed E-state index contributed by atoms with van der Waals surface area (Å²) in [6.45, 7) is 6.62. The van der Waals surface area contributed by atoms with E-state index in [2.05, 4.69) is 19.2 Å². The van der Waals surface area contributed by atoms with Crippen LogP contribution >= 0.6 is 0 Å². The highest BCUT2D eigenvalue weighted by Gasteiger charge is 1.90. The summed E-state index contributed by atoms with van der Waals surface area (Å²) >= 11 is 0. The van der Waals surface area contributed by atoms with Crippen molar-refractivity contribution in [3.05, 3.63) is 0 Å². The van der Waals surface area contributed by atoms with Crippen molar-refractivity contribution in [3.63, 3.8) is 0 Å². The first kappa shape index (κ1) is 13.0. The van der Waals surface area contributed by atoms with Gasteiger partial charge < -0.3 is 0 Å². The molecule has 0 saturated heterocycles. The van der Waals surface area contributed by atoms with Crippen LogP contribution in [0, 0.1) is 0 Å². The van der Waals surface area contributed by atoms with Crippen molar-refractivity contribution >= 4 is 0 Å². The number of nitrogens with zero attached hydrogens (tertiary/aromatic N) is 1. The Kier molecular flexibility index (Phi) is 11.9. The molecule has 79 valence electrons. The number of rotatable bonds is 10. The molecule has 0 saturated carbocycles. The highest BCUT2D eigenvalue weighted by atomic mass is 14.8. The Morgan fingerprint density at radius 3 is 1.85 bits per heavy atom. The van der Waals surface area contributed by atoms with Gasteiger partial charge in [-0.25, -0.2) is 5.32 Å². The van der Waals surface area contributed by atoms with Gasteiger partial charge in [-0.05, 0) is 12.8 Å². The maximum atomic E-state index is 4.42. The van der Waals surface area contributed by atoms with Gasteiger partial charge >= 0.3 is 0 Å². The molecule has 0 spiro atoms. The van der Waals surface area contributed by atoms with Gasteiger partial charge in [0.2, 0.25) is 0 Å². The van der Waals surface area contributed by atoms with E-state index < -0.39 is 0 Å². The maximum Gasteiger partial charge on any atom is 0.0133 e. The zero-order valence-corrected chi connectivity index (χ0v) is 9.52. The highest BCUT2D eigenvalue weighted by Crippen LogP contribution is 2.06. The molecule has 0 aliphatic rings. The van der Waals surface area contributed by atoms with Gasteiger partial charge in [0, 0.05) is 13.1 Å². The molecule has 0 atom stereocenters. The highest BCUT2D eigenvalue weighted by molar-refractivity contribution is 4.48. The van der Waals surface area contributed by atoms with Crippen LogP contribution in [0.2, 0.25) is 0 Å². The molecule has 0 aromatic heterocycles. The van der Waals surface area contributed by atoms with Gasteiger partial charge in [0.1, 0.15) is 0 Å². The Bertz CT molecular complexity index is 71.2. The lowest BCUT2D eigenvalue weighted by Gasteiger charge is -2.01. The molecule has 1 nitrogen and oxygen atoms in total. The Morgan fingerprint density at radius 1 is 0.615 bits per heavy atom. The summed E-state index contributed by atoms with van der Waals surface area (Å²) in [6, 6.07) is 0. The standard InChI is InChI=1S/C12H26N/c1-3-5-6-7-8-9-10-12-13-11-4-2/h3-12H2,1-2H3. The van der Waals surface area contributed by atoms with E-state index >= 15 is 0 Å². The molecule has 0 aliphatic heterocycles. The third kappa shape index (κ3) is 12.0. The summed E-state index contributed by atoms with van der Waals surface area (Å²) in [6.07, 6.45) is 11.0. The summed E-state index contributed by atoms with van der Waals surface area (Å²) in [5.41, 5.74) is 0. The van der Waals surface area contributed by atoms with Crippen molar-refractivity contribution < 1.29 is 0 Å². The monoisotopic (exact) mass is 184 g/mol. The number of hydrogen-bond acceptors (Lipinski definition) is 0. The molecule has 0 fully saturated rings. The van der Waals surface area contributed by atoms with E-state index in [1.165, 1.54) is 51.4 Å². The molecule has 0 rings (SSSR count). The quantitative estimate of drug-likeness (QED) is 0.459. The van der Waals surface area contributed by atoms with Gasteiger partial charge in [-0.15, -0.1) is 0 Å².